The molecule has 198 valence electrons. The van der Waals surface area contributed by atoms with E-state index in [2.05, 4.69) is 36.7 Å². The molecule has 0 aromatic heterocycles. The van der Waals surface area contributed by atoms with Crippen molar-refractivity contribution in [1.82, 2.24) is 0 Å². The Labute approximate surface area is 216 Å². The van der Waals surface area contributed by atoms with E-state index in [9.17, 15) is 9.59 Å². The Morgan fingerprint density at radius 2 is 1.83 bits per heavy atom. The van der Waals surface area contributed by atoms with Crippen LogP contribution in [-0.4, -0.2) is 31.2 Å². The van der Waals surface area contributed by atoms with Crippen molar-refractivity contribution in [2.24, 2.45) is 51.5 Å². The molecule has 0 aromatic rings. The first-order valence-corrected chi connectivity index (χ1v) is 14.0. The molecule has 0 radical (unpaired) electrons. The third kappa shape index (κ3) is 5.12. The van der Waals surface area contributed by atoms with Crippen molar-refractivity contribution >= 4 is 11.9 Å². The first-order valence-electron chi connectivity index (χ1n) is 14.0. The van der Waals surface area contributed by atoms with Crippen LogP contribution in [0.15, 0.2) is 5.11 Å². The molecule has 4 aliphatic rings. The van der Waals surface area contributed by atoms with Crippen molar-refractivity contribution in [3.63, 3.8) is 0 Å². The summed E-state index contributed by atoms with van der Waals surface area (Å²) in [6.07, 6.45) is 17.1. The standard InChI is InChI=1S/C29H43N3O4/c1-5-16-35-26(33)11-6-19(2)23-9-10-24-22-8-7-20-17-21(36-27(34)18-31-32-30)12-14-28(20,3)25(22)13-15-29(23,24)4/h1,19-25H,6-18H2,2-4H3/t19-,20-,21-,22+,23-,24+,25+,28+,29-/m1/s1. The van der Waals surface area contributed by atoms with Crippen LogP contribution in [0.25, 0.3) is 10.4 Å². The predicted octanol–water partition coefficient (Wildman–Crippen LogP) is 6.46. The highest BCUT2D eigenvalue weighted by Crippen LogP contribution is 2.68. The van der Waals surface area contributed by atoms with Crippen LogP contribution in [0.1, 0.15) is 91.4 Å². The molecule has 0 spiro atoms. The Kier molecular flexibility index (Phi) is 8.25. The maximum absolute atomic E-state index is 12.0. The minimum absolute atomic E-state index is 0.0427. The fourth-order valence-electron chi connectivity index (χ4n) is 9.35. The number of nitrogens with zero attached hydrogens (tertiary/aromatic N) is 3. The summed E-state index contributed by atoms with van der Waals surface area (Å²) in [5, 5.41) is 3.35. The largest absolute Gasteiger partial charge is 0.462 e. The molecule has 7 heteroatoms. The second-order valence-electron chi connectivity index (χ2n) is 12.5. The van der Waals surface area contributed by atoms with E-state index in [1.54, 1.807) is 0 Å². The van der Waals surface area contributed by atoms with E-state index in [4.69, 9.17) is 21.4 Å². The zero-order valence-electron chi connectivity index (χ0n) is 22.3. The molecule has 7 nitrogen and oxygen atoms in total. The number of esters is 2. The maximum atomic E-state index is 12.0. The van der Waals surface area contributed by atoms with Gasteiger partial charge >= 0.3 is 11.9 Å². The van der Waals surface area contributed by atoms with Crippen molar-refractivity contribution in [2.75, 3.05) is 13.2 Å². The number of terminal acetylenes is 1. The normalized spacial score (nSPS) is 39.8. The number of azide groups is 1. The molecule has 36 heavy (non-hydrogen) atoms. The first kappa shape index (κ1) is 26.9. The van der Waals surface area contributed by atoms with Crippen molar-refractivity contribution < 1.29 is 19.1 Å². The SMILES string of the molecule is C#CCOC(=O)CC[C@@H](C)[C@H]1CC[C@H]2[C@@H]3CC[C@@H]4C[C@H](OC(=O)CN=[N+]=[N-])CC[C@]4(C)[C@H]3CC[C@]12C. The van der Waals surface area contributed by atoms with Crippen LogP contribution < -0.4 is 0 Å². The van der Waals surface area contributed by atoms with E-state index in [0.29, 0.717) is 35.0 Å². The Morgan fingerprint density at radius 3 is 2.58 bits per heavy atom. The summed E-state index contributed by atoms with van der Waals surface area (Å²) < 4.78 is 10.8. The minimum atomic E-state index is -0.404. The van der Waals surface area contributed by atoms with Crippen molar-refractivity contribution in [3.8, 4) is 12.3 Å². The Morgan fingerprint density at radius 1 is 1.08 bits per heavy atom. The quantitative estimate of drug-likeness (QED) is 0.126. The zero-order chi connectivity index (χ0) is 25.9. The highest BCUT2D eigenvalue weighted by atomic mass is 16.5. The van der Waals surface area contributed by atoms with Gasteiger partial charge in [-0.1, -0.05) is 31.8 Å². The third-order valence-corrected chi connectivity index (χ3v) is 11.1. The average Bonchev–Trinajstić information content (AvgIpc) is 3.22. The molecule has 0 bridgehead atoms. The van der Waals surface area contributed by atoms with Crippen molar-refractivity contribution in [3.05, 3.63) is 10.4 Å². The van der Waals surface area contributed by atoms with E-state index in [1.807, 2.05) is 0 Å². The monoisotopic (exact) mass is 497 g/mol. The molecule has 4 aliphatic carbocycles. The third-order valence-electron chi connectivity index (χ3n) is 11.1. The lowest BCUT2D eigenvalue weighted by molar-refractivity contribution is -0.161. The molecule has 4 fully saturated rings. The number of hydrogen-bond acceptors (Lipinski definition) is 5. The van der Waals surface area contributed by atoms with E-state index in [1.165, 1.54) is 38.5 Å². The summed E-state index contributed by atoms with van der Waals surface area (Å²) in [7, 11) is 0. The van der Waals surface area contributed by atoms with Gasteiger partial charge in [-0.05, 0) is 116 Å². The van der Waals surface area contributed by atoms with Gasteiger partial charge in [0.15, 0.2) is 6.61 Å². The summed E-state index contributed by atoms with van der Waals surface area (Å²) in [6.45, 7) is 7.25. The molecule has 0 saturated heterocycles. The van der Waals surface area contributed by atoms with Gasteiger partial charge in [0.1, 0.15) is 12.6 Å². The number of ether oxygens (including phenoxy) is 2. The lowest BCUT2D eigenvalue weighted by Gasteiger charge is -2.61. The van der Waals surface area contributed by atoms with Crippen LogP contribution in [0, 0.1) is 58.7 Å². The van der Waals surface area contributed by atoms with Gasteiger partial charge in [0.2, 0.25) is 0 Å². The summed E-state index contributed by atoms with van der Waals surface area (Å²) in [4.78, 5) is 26.7. The number of carbonyl (C=O) groups excluding carboxylic acids is 2. The van der Waals surface area contributed by atoms with Gasteiger partial charge < -0.3 is 9.47 Å². The summed E-state index contributed by atoms with van der Waals surface area (Å²) in [6, 6.07) is 0. The second kappa shape index (κ2) is 11.1. The van der Waals surface area contributed by atoms with Gasteiger partial charge in [0.25, 0.3) is 0 Å². The smallest absolute Gasteiger partial charge is 0.311 e. The van der Waals surface area contributed by atoms with Crippen molar-refractivity contribution in [1.29, 1.82) is 0 Å². The Bertz CT molecular complexity index is 924. The van der Waals surface area contributed by atoms with Gasteiger partial charge in [-0.3, -0.25) is 9.59 Å². The van der Waals surface area contributed by atoms with Gasteiger partial charge in [0, 0.05) is 11.3 Å². The van der Waals surface area contributed by atoms with Crippen molar-refractivity contribution in [2.45, 2.75) is 97.5 Å². The molecule has 0 aromatic carbocycles. The maximum Gasteiger partial charge on any atom is 0.311 e. The lowest BCUT2D eigenvalue weighted by Crippen LogP contribution is -2.54. The van der Waals surface area contributed by atoms with E-state index in [0.717, 1.165) is 43.4 Å². The minimum Gasteiger partial charge on any atom is -0.462 e. The number of hydrogen-bond donors (Lipinski definition) is 0. The lowest BCUT2D eigenvalue weighted by atomic mass is 9.44. The molecule has 4 saturated carbocycles. The van der Waals surface area contributed by atoms with Gasteiger partial charge in [-0.2, -0.15) is 0 Å². The summed E-state index contributed by atoms with van der Waals surface area (Å²) in [5.74, 6) is 5.88. The van der Waals surface area contributed by atoms with Gasteiger partial charge in [-0.15, -0.1) is 6.42 Å². The van der Waals surface area contributed by atoms with Gasteiger partial charge in [-0.25, -0.2) is 0 Å². The van der Waals surface area contributed by atoms with Gasteiger partial charge in [0.05, 0.1) is 0 Å². The predicted molar refractivity (Wildman–Crippen MR) is 137 cm³/mol. The first-order chi connectivity index (χ1) is 17.2. The molecular formula is C29H43N3O4. The number of fused-ring (bicyclic) bond motifs is 5. The molecule has 0 unspecified atom stereocenters. The Balaban J connectivity index is 1.37. The summed E-state index contributed by atoms with van der Waals surface area (Å²) >= 11 is 0. The highest BCUT2D eigenvalue weighted by molar-refractivity contribution is 5.72. The van der Waals surface area contributed by atoms with Crippen LogP contribution in [0.2, 0.25) is 0 Å². The molecular weight excluding hydrogens is 454 g/mol. The topological polar surface area (TPSA) is 101 Å². The fraction of sp³-hybridized carbons (Fsp3) is 0.862. The van der Waals surface area contributed by atoms with Crippen LogP contribution in [0.4, 0.5) is 0 Å². The van der Waals surface area contributed by atoms with Crippen LogP contribution in [0.5, 0.6) is 0 Å². The van der Waals surface area contributed by atoms with Crippen LogP contribution >= 0.6 is 0 Å². The molecule has 0 aliphatic heterocycles. The second-order valence-corrected chi connectivity index (χ2v) is 12.5. The van der Waals surface area contributed by atoms with Crippen LogP contribution in [-0.2, 0) is 19.1 Å². The molecule has 9 atom stereocenters. The average molecular weight is 498 g/mol. The number of rotatable bonds is 8. The fourth-order valence-corrected chi connectivity index (χ4v) is 9.35. The van der Waals surface area contributed by atoms with Crippen LogP contribution in [0.3, 0.4) is 0 Å². The van der Waals surface area contributed by atoms with E-state index < -0.39 is 5.97 Å². The zero-order valence-corrected chi connectivity index (χ0v) is 22.3. The Hall–Kier alpha value is -2.19. The summed E-state index contributed by atoms with van der Waals surface area (Å²) in [5.41, 5.74) is 9.14. The number of carbonyl (C=O) groups is 2. The molecule has 0 amide bonds. The highest BCUT2D eigenvalue weighted by Gasteiger charge is 2.60. The molecule has 0 heterocycles. The van der Waals surface area contributed by atoms with E-state index >= 15 is 0 Å². The van der Waals surface area contributed by atoms with E-state index in [-0.39, 0.29) is 25.2 Å². The molecule has 0 N–H and O–H groups in total. The molecule has 4 rings (SSSR count).